The van der Waals surface area contributed by atoms with Crippen LogP contribution in [0.25, 0.3) is 38.9 Å². The third-order valence-electron chi connectivity index (χ3n) is 11.3. The number of fused-ring (bicyclic) bond motifs is 4. The fourth-order valence-corrected chi connectivity index (χ4v) is 8.05. The minimum atomic E-state index is -0.890. The minimum absolute atomic E-state index is 0.0225. The first-order valence-electron chi connectivity index (χ1n) is 19.3. The molecule has 2 aliphatic heterocycles. The van der Waals surface area contributed by atoms with Crippen LogP contribution in [0.5, 0.6) is 11.8 Å². The van der Waals surface area contributed by atoms with Gasteiger partial charge >= 0.3 is 6.01 Å². The minimum Gasteiger partial charge on any atom is -0.508 e. The Morgan fingerprint density at radius 1 is 1.04 bits per heavy atom. The Bertz CT molecular complexity index is 2120. The van der Waals surface area contributed by atoms with Crippen molar-refractivity contribution in [3.8, 4) is 35.2 Å². The molecule has 0 saturated carbocycles. The van der Waals surface area contributed by atoms with E-state index in [0.29, 0.717) is 53.0 Å². The Kier molecular flexibility index (Phi) is 11.1. The molecule has 0 bridgehead atoms. The zero-order valence-corrected chi connectivity index (χ0v) is 31.9. The molecule has 2 N–H and O–H groups in total. The van der Waals surface area contributed by atoms with Crippen LogP contribution in [0.2, 0.25) is 0 Å². The number of ether oxygens (including phenoxy) is 1. The second kappa shape index (κ2) is 15.4. The highest BCUT2D eigenvalue weighted by molar-refractivity contribution is 6.04. The monoisotopic (exact) mass is 706 g/mol. The van der Waals surface area contributed by atoms with Crippen molar-refractivity contribution in [2.75, 3.05) is 24.6 Å². The fourth-order valence-electron chi connectivity index (χ4n) is 8.05. The topological polar surface area (TPSA) is 91.1 Å². The van der Waals surface area contributed by atoms with Gasteiger partial charge in [-0.2, -0.15) is 9.97 Å². The van der Waals surface area contributed by atoms with Crippen LogP contribution in [-0.4, -0.2) is 51.5 Å². The summed E-state index contributed by atoms with van der Waals surface area (Å²) in [6.07, 6.45) is 18.6. The Balaban J connectivity index is 1.63. The molecule has 1 saturated heterocycles. The molecule has 6 rings (SSSR count). The van der Waals surface area contributed by atoms with Crippen molar-refractivity contribution in [3.63, 3.8) is 0 Å². The lowest BCUT2D eigenvalue weighted by Crippen LogP contribution is -2.41. The molecule has 52 heavy (non-hydrogen) atoms. The molecular weight excluding hydrogens is 652 g/mol. The summed E-state index contributed by atoms with van der Waals surface area (Å²) >= 11 is 0. The number of aromatic hydroxyl groups is 1. The fraction of sp³-hybridized carbons (Fsp3) is 0.523. The highest BCUT2D eigenvalue weighted by Gasteiger charge is 2.31. The summed E-state index contributed by atoms with van der Waals surface area (Å²) in [5.74, 6) is 2.94. The van der Waals surface area contributed by atoms with Gasteiger partial charge in [-0.3, -0.25) is 4.99 Å². The number of aliphatic hydroxyl groups is 1. The normalized spacial score (nSPS) is 21.5. The Hall–Kier alpha value is -4.22. The largest absolute Gasteiger partial charge is 0.508 e. The first-order valence-corrected chi connectivity index (χ1v) is 19.3. The lowest BCUT2D eigenvalue weighted by Gasteiger charge is -2.31. The van der Waals surface area contributed by atoms with Crippen molar-refractivity contribution >= 4 is 33.6 Å². The highest BCUT2D eigenvalue weighted by atomic mass is 19.1. The van der Waals surface area contributed by atoms with E-state index in [1.54, 1.807) is 18.2 Å². The number of phenols is 1. The molecule has 8 heteroatoms. The summed E-state index contributed by atoms with van der Waals surface area (Å²) in [6.45, 7) is 14.5. The van der Waals surface area contributed by atoms with Gasteiger partial charge in [-0.05, 0) is 87.1 Å². The van der Waals surface area contributed by atoms with Crippen LogP contribution in [0, 0.1) is 29.5 Å². The Labute approximate surface area is 308 Å². The van der Waals surface area contributed by atoms with Gasteiger partial charge in [0.25, 0.3) is 0 Å². The molecule has 2 aliphatic rings. The van der Waals surface area contributed by atoms with Crippen LogP contribution in [0.15, 0.2) is 35.3 Å². The van der Waals surface area contributed by atoms with E-state index in [1.165, 1.54) is 18.9 Å². The number of nitrogens with zero attached hydrogens (tertiary/aromatic N) is 4. The number of terminal acetylenes is 1. The van der Waals surface area contributed by atoms with Crippen molar-refractivity contribution in [2.24, 2.45) is 16.3 Å². The van der Waals surface area contributed by atoms with E-state index in [2.05, 4.69) is 51.5 Å². The molecule has 0 aliphatic carbocycles. The molecule has 3 aromatic carbocycles. The van der Waals surface area contributed by atoms with E-state index in [1.807, 2.05) is 13.0 Å². The molecule has 4 unspecified atom stereocenters. The molecule has 1 aromatic heterocycles. The molecule has 4 atom stereocenters. The van der Waals surface area contributed by atoms with E-state index >= 15 is 4.39 Å². The summed E-state index contributed by atoms with van der Waals surface area (Å²) < 4.78 is 21.9. The van der Waals surface area contributed by atoms with E-state index in [-0.39, 0.29) is 28.7 Å². The Morgan fingerprint density at radius 3 is 2.56 bits per heavy atom. The number of hydrogen-bond donors (Lipinski definition) is 2. The van der Waals surface area contributed by atoms with Gasteiger partial charge in [-0.1, -0.05) is 77.9 Å². The van der Waals surface area contributed by atoms with Crippen LogP contribution in [0.1, 0.15) is 111 Å². The quantitative estimate of drug-likeness (QED) is 0.113. The van der Waals surface area contributed by atoms with E-state index in [9.17, 15) is 10.2 Å². The van der Waals surface area contributed by atoms with Crippen molar-refractivity contribution < 1.29 is 19.3 Å². The summed E-state index contributed by atoms with van der Waals surface area (Å²) in [5.41, 5.74) is 1.16. The third kappa shape index (κ3) is 7.76. The first-order chi connectivity index (χ1) is 24.9. The van der Waals surface area contributed by atoms with Crippen LogP contribution in [0.4, 0.5) is 10.2 Å². The number of β-amino-alcohol motifs (C(OH)–C–C–N with tert-alkyl or cyclic N) is 1. The number of hydrogen-bond acceptors (Lipinski definition) is 7. The maximum atomic E-state index is 15.3. The predicted octanol–water partition coefficient (Wildman–Crippen LogP) is 8.61. The average Bonchev–Trinajstić information content (AvgIpc) is 3.29. The van der Waals surface area contributed by atoms with Gasteiger partial charge in [-0.15, -0.1) is 6.42 Å². The SMILES string of the molecule is C#Cc1c(F)ccc2cc(O)cc(-c3cc4nc(OCC(C)(CCCC)CCCCC)nc(N5CCCCC(C)(O)C5)c4c4c3=NC(C)C(C)C=4)c12. The first kappa shape index (κ1) is 37.5. The van der Waals surface area contributed by atoms with Crippen molar-refractivity contribution in [1.82, 2.24) is 9.97 Å². The number of phenolic OH excluding ortho intramolecular Hbond substituents is 1. The zero-order valence-electron chi connectivity index (χ0n) is 31.9. The van der Waals surface area contributed by atoms with Crippen molar-refractivity contribution in [3.05, 3.63) is 52.3 Å². The number of unbranched alkanes of at least 4 members (excludes halogenated alkanes) is 3. The molecule has 7 nitrogen and oxygen atoms in total. The van der Waals surface area contributed by atoms with Gasteiger partial charge in [0.05, 0.1) is 40.1 Å². The van der Waals surface area contributed by atoms with E-state index < -0.39 is 11.4 Å². The lowest BCUT2D eigenvalue weighted by atomic mass is 9.81. The van der Waals surface area contributed by atoms with E-state index in [4.69, 9.17) is 26.1 Å². The molecule has 0 amide bonds. The van der Waals surface area contributed by atoms with E-state index in [0.717, 1.165) is 73.3 Å². The predicted molar refractivity (Wildman–Crippen MR) is 210 cm³/mol. The van der Waals surface area contributed by atoms with Crippen molar-refractivity contribution in [1.29, 1.82) is 0 Å². The Morgan fingerprint density at radius 2 is 1.81 bits per heavy atom. The van der Waals surface area contributed by atoms with Gasteiger partial charge in [0, 0.05) is 34.7 Å². The highest BCUT2D eigenvalue weighted by Crippen LogP contribution is 2.38. The number of benzene rings is 3. The lowest BCUT2D eigenvalue weighted by molar-refractivity contribution is 0.0611. The van der Waals surface area contributed by atoms with Gasteiger partial charge < -0.3 is 19.8 Å². The van der Waals surface area contributed by atoms with Gasteiger partial charge in [0.1, 0.15) is 17.4 Å². The average molecular weight is 707 g/mol. The van der Waals surface area contributed by atoms with Gasteiger partial charge in [0.2, 0.25) is 0 Å². The summed E-state index contributed by atoms with van der Waals surface area (Å²) in [4.78, 5) is 17.7. The number of halogens is 1. The van der Waals surface area contributed by atoms with Gasteiger partial charge in [-0.25, -0.2) is 4.39 Å². The number of anilines is 1. The maximum absolute atomic E-state index is 15.3. The second-order valence-electron chi connectivity index (χ2n) is 16.0. The molecule has 1 fully saturated rings. The second-order valence-corrected chi connectivity index (χ2v) is 16.0. The maximum Gasteiger partial charge on any atom is 0.318 e. The molecule has 3 heterocycles. The molecule has 0 spiro atoms. The van der Waals surface area contributed by atoms with Crippen molar-refractivity contribution in [2.45, 2.75) is 117 Å². The summed E-state index contributed by atoms with van der Waals surface area (Å²) in [7, 11) is 0. The smallest absolute Gasteiger partial charge is 0.318 e. The van der Waals surface area contributed by atoms with Gasteiger partial charge in [0.15, 0.2) is 0 Å². The van der Waals surface area contributed by atoms with Crippen LogP contribution >= 0.6 is 0 Å². The molecule has 0 radical (unpaired) electrons. The molecule has 276 valence electrons. The number of aromatic nitrogens is 2. The van der Waals surface area contributed by atoms with Crippen LogP contribution in [0.3, 0.4) is 0 Å². The standard InChI is InChI=1S/C44H55FN4O3/c1-8-11-13-19-43(6,18-12-9-2)27-52-42-47-37-25-34(33-24-31(50)23-30-16-17-36(45)32(10-3)38(30)33)40-35(22-28(4)29(5)46-40)39(37)41(48-42)49-21-15-14-20-44(7,51)26-49/h3,16-17,22-25,28-29,50-51H,8-9,11-15,18-21,26-27H2,1-2,4-7H3. The molecule has 4 aromatic rings. The number of rotatable bonds is 12. The summed E-state index contributed by atoms with van der Waals surface area (Å²) in [5, 5.41) is 26.0. The zero-order chi connectivity index (χ0) is 37.2. The molecular formula is C44H55FN4O3. The summed E-state index contributed by atoms with van der Waals surface area (Å²) in [6, 6.07) is 8.46. The van der Waals surface area contributed by atoms with Crippen LogP contribution in [-0.2, 0) is 0 Å². The van der Waals surface area contributed by atoms with Crippen LogP contribution < -0.4 is 20.2 Å². The third-order valence-corrected chi connectivity index (χ3v) is 11.3.